The molecule has 4 aromatic rings. The molecule has 0 spiro atoms. The second-order valence-electron chi connectivity index (χ2n) is 11.2. The third-order valence-electron chi connectivity index (χ3n) is 8.39. The van der Waals surface area contributed by atoms with E-state index in [2.05, 4.69) is 41.3 Å². The van der Waals surface area contributed by atoms with Crippen LogP contribution in [0.5, 0.6) is 5.88 Å². The molecule has 5 heterocycles. The maximum atomic E-state index is 13.5. The minimum atomic E-state index is -4.59. The number of alkyl halides is 3. The van der Waals surface area contributed by atoms with Crippen molar-refractivity contribution in [3.8, 4) is 23.2 Å². The molecule has 226 valence electrons. The van der Waals surface area contributed by atoms with Crippen LogP contribution in [0.3, 0.4) is 0 Å². The summed E-state index contributed by atoms with van der Waals surface area (Å²) in [6.07, 6.45) is 5.43. The number of likely N-dealkylation sites (tertiary alicyclic amines) is 1. The van der Waals surface area contributed by atoms with Gasteiger partial charge in [0.25, 0.3) is 0 Å². The zero-order valence-corrected chi connectivity index (χ0v) is 23.4. The van der Waals surface area contributed by atoms with E-state index in [1.54, 1.807) is 6.20 Å². The molecule has 0 amide bonds. The van der Waals surface area contributed by atoms with Crippen molar-refractivity contribution >= 4 is 11.0 Å². The van der Waals surface area contributed by atoms with E-state index in [9.17, 15) is 18.4 Å². The second-order valence-corrected chi connectivity index (χ2v) is 11.2. The molecule has 0 bridgehead atoms. The number of aliphatic hydroxyl groups is 1. The van der Waals surface area contributed by atoms with Crippen LogP contribution in [0.2, 0.25) is 0 Å². The first kappa shape index (κ1) is 29.0. The zero-order valence-electron chi connectivity index (χ0n) is 23.4. The Kier molecular flexibility index (Phi) is 8.04. The largest absolute Gasteiger partial charge is 0.474 e. The standard InChI is InChI=1S/C29H32F3N9O2/c30-29(31,32)24-11-19(15-34-7-10-42)12-25(39-24)43-22-2-8-40(9-3-22)21-13-28(14-21,4-5-33)41-17-20(16-38-41)26-23-1-6-35-27(23)37-18-36-26/h1,6,11-12,16-18,21-22,34,42H,2-4,7-10,13-15H2,(H,35,36,37)/t21-,28-. The SMILES string of the molecule is N#CC[C@]1(n2cc(-c3ncnc4[nH]ccc34)cn2)C[C@H](N2CCC(Oc3cc(CNCCO)cc(C(F)(F)F)n3)CC2)C1. The Bertz CT molecular complexity index is 1600. The van der Waals surface area contributed by atoms with E-state index in [-0.39, 0.29) is 37.7 Å². The van der Waals surface area contributed by atoms with Gasteiger partial charge in [-0.1, -0.05) is 0 Å². The van der Waals surface area contributed by atoms with Gasteiger partial charge in [0.15, 0.2) is 0 Å². The first-order valence-corrected chi connectivity index (χ1v) is 14.3. The van der Waals surface area contributed by atoms with E-state index in [0.717, 1.165) is 54.3 Å². The summed E-state index contributed by atoms with van der Waals surface area (Å²) in [7, 11) is 0. The van der Waals surface area contributed by atoms with Gasteiger partial charge in [0.2, 0.25) is 5.88 Å². The number of piperidine rings is 1. The molecule has 0 aromatic carbocycles. The zero-order chi connectivity index (χ0) is 30.0. The lowest BCUT2D eigenvalue weighted by Gasteiger charge is -2.52. The van der Waals surface area contributed by atoms with Crippen molar-refractivity contribution in [3.05, 3.63) is 54.4 Å². The van der Waals surface area contributed by atoms with Crippen LogP contribution in [0.4, 0.5) is 13.2 Å². The molecule has 3 N–H and O–H groups in total. The van der Waals surface area contributed by atoms with Gasteiger partial charge in [0.05, 0.1) is 36.5 Å². The van der Waals surface area contributed by atoms with Gasteiger partial charge in [-0.25, -0.2) is 15.0 Å². The number of halogens is 3. The van der Waals surface area contributed by atoms with Crippen molar-refractivity contribution in [2.24, 2.45) is 0 Å². The summed E-state index contributed by atoms with van der Waals surface area (Å²) in [6, 6.07) is 7.07. The van der Waals surface area contributed by atoms with Gasteiger partial charge in [-0.2, -0.15) is 23.5 Å². The van der Waals surface area contributed by atoms with Crippen LogP contribution in [0, 0.1) is 11.3 Å². The number of aliphatic hydroxyl groups excluding tert-OH is 1. The topological polar surface area (TPSA) is 141 Å². The molecule has 2 aliphatic rings. The van der Waals surface area contributed by atoms with E-state index in [1.165, 1.54) is 12.4 Å². The number of aromatic nitrogens is 6. The Morgan fingerprint density at radius 3 is 2.77 bits per heavy atom. The Hall–Kier alpha value is -4.06. The summed E-state index contributed by atoms with van der Waals surface area (Å²) < 4.78 is 48.2. The molecule has 1 saturated carbocycles. The van der Waals surface area contributed by atoms with Crippen LogP contribution in [-0.2, 0) is 18.3 Å². The van der Waals surface area contributed by atoms with Crippen molar-refractivity contribution in [1.82, 2.24) is 39.9 Å². The highest BCUT2D eigenvalue weighted by Crippen LogP contribution is 2.45. The maximum absolute atomic E-state index is 13.5. The van der Waals surface area contributed by atoms with E-state index in [4.69, 9.17) is 9.84 Å². The number of H-pyrrole nitrogens is 1. The van der Waals surface area contributed by atoms with Gasteiger partial charge >= 0.3 is 6.18 Å². The molecule has 11 nitrogen and oxygen atoms in total. The quantitative estimate of drug-likeness (QED) is 0.235. The highest BCUT2D eigenvalue weighted by atomic mass is 19.4. The molecule has 1 aliphatic carbocycles. The van der Waals surface area contributed by atoms with Crippen LogP contribution >= 0.6 is 0 Å². The molecule has 0 radical (unpaired) electrons. The number of fused-ring (bicyclic) bond motifs is 1. The molecule has 43 heavy (non-hydrogen) atoms. The fourth-order valence-electron chi connectivity index (χ4n) is 6.15. The average Bonchev–Trinajstić information content (AvgIpc) is 3.65. The molecule has 0 unspecified atom stereocenters. The van der Waals surface area contributed by atoms with Crippen molar-refractivity contribution in [3.63, 3.8) is 0 Å². The number of rotatable bonds is 10. The van der Waals surface area contributed by atoms with Gasteiger partial charge in [-0.05, 0) is 43.4 Å². The highest BCUT2D eigenvalue weighted by molar-refractivity contribution is 5.90. The Labute approximate surface area is 245 Å². The predicted molar refractivity (Wildman–Crippen MR) is 150 cm³/mol. The van der Waals surface area contributed by atoms with E-state index < -0.39 is 17.4 Å². The molecule has 6 rings (SSSR count). The average molecular weight is 596 g/mol. The van der Waals surface area contributed by atoms with E-state index in [0.29, 0.717) is 24.8 Å². The summed E-state index contributed by atoms with van der Waals surface area (Å²) >= 11 is 0. The molecule has 14 heteroatoms. The highest BCUT2D eigenvalue weighted by Gasteiger charge is 2.49. The van der Waals surface area contributed by atoms with Crippen molar-refractivity contribution in [2.45, 2.75) is 62.5 Å². The third kappa shape index (κ3) is 6.06. The number of nitrogens with one attached hydrogen (secondary N) is 2. The minimum absolute atomic E-state index is 0.0409. The first-order chi connectivity index (χ1) is 20.8. The van der Waals surface area contributed by atoms with Gasteiger partial charge in [0, 0.05) is 61.6 Å². The fraction of sp³-hybridized carbons (Fsp3) is 0.483. The fourth-order valence-corrected chi connectivity index (χ4v) is 6.15. The second kappa shape index (κ2) is 11.9. The summed E-state index contributed by atoms with van der Waals surface area (Å²) in [5.41, 5.74) is 1.39. The smallest absolute Gasteiger partial charge is 0.433 e. The summed E-state index contributed by atoms with van der Waals surface area (Å²) in [6.45, 7) is 1.80. The Morgan fingerprint density at radius 1 is 1.21 bits per heavy atom. The maximum Gasteiger partial charge on any atom is 0.433 e. The van der Waals surface area contributed by atoms with Crippen molar-refractivity contribution < 1.29 is 23.0 Å². The number of nitrogens with zero attached hydrogens (tertiary/aromatic N) is 7. The summed E-state index contributed by atoms with van der Waals surface area (Å²) in [4.78, 5) is 17.9. The van der Waals surface area contributed by atoms with Crippen LogP contribution in [0.1, 0.15) is 43.4 Å². The van der Waals surface area contributed by atoms with Gasteiger partial charge in [0.1, 0.15) is 23.8 Å². The number of ether oxygens (including phenoxy) is 1. The van der Waals surface area contributed by atoms with Crippen molar-refractivity contribution in [1.29, 1.82) is 5.26 Å². The molecule has 2 fully saturated rings. The van der Waals surface area contributed by atoms with Crippen LogP contribution < -0.4 is 10.1 Å². The molecular formula is C29H32F3N9O2. The molecule has 4 aromatic heterocycles. The monoisotopic (exact) mass is 595 g/mol. The molecule has 1 saturated heterocycles. The van der Waals surface area contributed by atoms with Crippen molar-refractivity contribution in [2.75, 3.05) is 26.2 Å². The van der Waals surface area contributed by atoms with Crippen LogP contribution in [-0.4, -0.2) is 78.1 Å². The van der Waals surface area contributed by atoms with Crippen LogP contribution in [0.15, 0.2) is 43.1 Å². The summed E-state index contributed by atoms with van der Waals surface area (Å²) in [5.74, 6) is -0.0409. The molecular weight excluding hydrogens is 563 g/mol. The Morgan fingerprint density at radius 2 is 2.02 bits per heavy atom. The first-order valence-electron chi connectivity index (χ1n) is 14.3. The molecule has 1 aliphatic heterocycles. The number of pyridine rings is 1. The predicted octanol–water partition coefficient (Wildman–Crippen LogP) is 3.63. The van der Waals surface area contributed by atoms with E-state index in [1.807, 2.05) is 23.1 Å². The number of hydrogen-bond donors (Lipinski definition) is 3. The minimum Gasteiger partial charge on any atom is -0.474 e. The lowest BCUT2D eigenvalue weighted by Crippen LogP contribution is -2.58. The lowest BCUT2D eigenvalue weighted by atomic mass is 9.69. The van der Waals surface area contributed by atoms with Gasteiger partial charge in [-0.3, -0.25) is 9.58 Å². The van der Waals surface area contributed by atoms with Gasteiger partial charge in [-0.15, -0.1) is 0 Å². The molecule has 0 atom stereocenters. The summed E-state index contributed by atoms with van der Waals surface area (Å²) in [5, 5.41) is 27.0. The van der Waals surface area contributed by atoms with E-state index >= 15 is 0 Å². The van der Waals surface area contributed by atoms with Crippen LogP contribution in [0.25, 0.3) is 22.3 Å². The lowest BCUT2D eigenvalue weighted by molar-refractivity contribution is -0.141. The Balaban J connectivity index is 1.08. The normalized spacial score (nSPS) is 21.5. The third-order valence-corrected chi connectivity index (χ3v) is 8.39. The number of hydrogen-bond acceptors (Lipinski definition) is 9. The number of aromatic amines is 1. The number of nitriles is 1. The van der Waals surface area contributed by atoms with Gasteiger partial charge < -0.3 is 20.1 Å².